The van der Waals surface area contributed by atoms with Crippen LogP contribution in [0.1, 0.15) is 5.69 Å². The first-order chi connectivity index (χ1) is 9.56. The molecule has 0 fully saturated rings. The van der Waals surface area contributed by atoms with Crippen LogP contribution in [0.4, 0.5) is 5.69 Å². The summed E-state index contributed by atoms with van der Waals surface area (Å²) >= 11 is 5.96. The molecule has 0 bridgehead atoms. The molecule has 0 amide bonds. The summed E-state index contributed by atoms with van der Waals surface area (Å²) in [5, 5.41) is 13.7. The standard InChI is InChI=1S/C14H16ClN3O2/c1-17-12(5-7-16-17)6-8-18(10-14(19)20)13-4-2-3-11(15)9-13/h2-5,7,9H,6,8,10H2,1H3,(H,19,20). The maximum atomic E-state index is 11.0. The molecule has 2 rings (SSSR count). The molecule has 0 radical (unpaired) electrons. The second-order valence-electron chi connectivity index (χ2n) is 4.49. The number of carbonyl (C=O) groups is 1. The zero-order valence-electron chi connectivity index (χ0n) is 11.2. The smallest absolute Gasteiger partial charge is 0.323 e. The van der Waals surface area contributed by atoms with Gasteiger partial charge in [-0.3, -0.25) is 9.48 Å². The molecular formula is C14H16ClN3O2. The van der Waals surface area contributed by atoms with E-state index < -0.39 is 5.97 Å². The summed E-state index contributed by atoms with van der Waals surface area (Å²) in [5.41, 5.74) is 1.87. The lowest BCUT2D eigenvalue weighted by Gasteiger charge is -2.23. The Hall–Kier alpha value is -2.01. The monoisotopic (exact) mass is 293 g/mol. The van der Waals surface area contributed by atoms with E-state index in [9.17, 15) is 4.79 Å². The van der Waals surface area contributed by atoms with E-state index in [2.05, 4.69) is 5.10 Å². The lowest BCUT2D eigenvalue weighted by molar-refractivity contribution is -0.135. The number of aromatic nitrogens is 2. The predicted molar refractivity (Wildman–Crippen MR) is 78.2 cm³/mol. The molecule has 0 saturated heterocycles. The maximum absolute atomic E-state index is 11.0. The molecule has 0 aliphatic heterocycles. The van der Waals surface area contributed by atoms with Crippen LogP contribution in [0, 0.1) is 0 Å². The molecule has 1 aromatic carbocycles. The highest BCUT2D eigenvalue weighted by atomic mass is 35.5. The van der Waals surface area contributed by atoms with Crippen molar-refractivity contribution in [3.8, 4) is 0 Å². The summed E-state index contributed by atoms with van der Waals surface area (Å²) in [6.45, 7) is 0.532. The van der Waals surface area contributed by atoms with Crippen molar-refractivity contribution in [2.24, 2.45) is 7.05 Å². The van der Waals surface area contributed by atoms with Gasteiger partial charge in [0, 0.05) is 42.6 Å². The molecule has 0 spiro atoms. The number of carboxylic acid groups (broad SMARTS) is 1. The number of nitrogens with zero attached hydrogens (tertiary/aromatic N) is 3. The van der Waals surface area contributed by atoms with Crippen LogP contribution in [0.2, 0.25) is 5.02 Å². The number of hydrogen-bond acceptors (Lipinski definition) is 3. The van der Waals surface area contributed by atoms with E-state index in [4.69, 9.17) is 16.7 Å². The average Bonchev–Trinajstić information content (AvgIpc) is 2.80. The van der Waals surface area contributed by atoms with Gasteiger partial charge in [-0.25, -0.2) is 0 Å². The van der Waals surface area contributed by atoms with Crippen LogP contribution in [-0.2, 0) is 18.3 Å². The van der Waals surface area contributed by atoms with Gasteiger partial charge in [0.05, 0.1) is 0 Å². The van der Waals surface area contributed by atoms with E-state index in [0.717, 1.165) is 17.8 Å². The summed E-state index contributed by atoms with van der Waals surface area (Å²) in [7, 11) is 1.87. The SMILES string of the molecule is Cn1nccc1CCN(CC(=O)O)c1cccc(Cl)c1. The van der Waals surface area contributed by atoms with Crippen LogP contribution >= 0.6 is 11.6 Å². The number of rotatable bonds is 6. The van der Waals surface area contributed by atoms with Crippen LogP contribution in [0.3, 0.4) is 0 Å². The second-order valence-corrected chi connectivity index (χ2v) is 4.93. The van der Waals surface area contributed by atoms with Crippen molar-refractivity contribution in [1.82, 2.24) is 9.78 Å². The van der Waals surface area contributed by atoms with E-state index in [1.165, 1.54) is 0 Å². The quantitative estimate of drug-likeness (QED) is 0.887. The van der Waals surface area contributed by atoms with Gasteiger partial charge in [-0.2, -0.15) is 5.10 Å². The normalized spacial score (nSPS) is 10.5. The summed E-state index contributed by atoms with van der Waals surface area (Å²) in [6, 6.07) is 9.14. The van der Waals surface area contributed by atoms with Gasteiger partial charge in [0.15, 0.2) is 0 Å². The van der Waals surface area contributed by atoms with Gasteiger partial charge in [-0.15, -0.1) is 0 Å². The Balaban J connectivity index is 2.11. The predicted octanol–water partition coefficient (Wildman–Crippen LogP) is 2.21. The van der Waals surface area contributed by atoms with Gasteiger partial charge < -0.3 is 10.0 Å². The van der Waals surface area contributed by atoms with Crippen LogP contribution < -0.4 is 4.90 Å². The Morgan fingerprint density at radius 2 is 2.25 bits per heavy atom. The third-order valence-electron chi connectivity index (χ3n) is 3.06. The molecule has 6 heteroatoms. The number of anilines is 1. The fourth-order valence-electron chi connectivity index (χ4n) is 2.03. The molecule has 20 heavy (non-hydrogen) atoms. The Morgan fingerprint density at radius 3 is 2.85 bits per heavy atom. The molecule has 5 nitrogen and oxygen atoms in total. The largest absolute Gasteiger partial charge is 0.480 e. The van der Waals surface area contributed by atoms with Crippen LogP contribution in [0.15, 0.2) is 36.5 Å². The zero-order chi connectivity index (χ0) is 14.5. The van der Waals surface area contributed by atoms with Crippen molar-refractivity contribution in [1.29, 1.82) is 0 Å². The molecule has 2 aromatic rings. The van der Waals surface area contributed by atoms with E-state index in [-0.39, 0.29) is 6.54 Å². The second kappa shape index (κ2) is 6.43. The summed E-state index contributed by atoms with van der Waals surface area (Å²) in [6.07, 6.45) is 2.45. The van der Waals surface area contributed by atoms with Crippen LogP contribution in [0.25, 0.3) is 0 Å². The van der Waals surface area contributed by atoms with Crippen molar-refractivity contribution < 1.29 is 9.90 Å². The molecule has 106 valence electrons. The molecule has 0 saturated carbocycles. The average molecular weight is 294 g/mol. The van der Waals surface area contributed by atoms with Gasteiger partial charge in [0.1, 0.15) is 6.54 Å². The molecule has 1 heterocycles. The van der Waals surface area contributed by atoms with E-state index in [1.54, 1.807) is 27.9 Å². The van der Waals surface area contributed by atoms with Crippen molar-refractivity contribution in [2.45, 2.75) is 6.42 Å². The highest BCUT2D eigenvalue weighted by Crippen LogP contribution is 2.19. The van der Waals surface area contributed by atoms with E-state index in [1.807, 2.05) is 25.2 Å². The number of benzene rings is 1. The highest BCUT2D eigenvalue weighted by molar-refractivity contribution is 6.30. The zero-order valence-corrected chi connectivity index (χ0v) is 11.9. The minimum Gasteiger partial charge on any atom is -0.480 e. The maximum Gasteiger partial charge on any atom is 0.323 e. The Labute approximate surface area is 122 Å². The summed E-state index contributed by atoms with van der Waals surface area (Å²) in [4.78, 5) is 12.8. The van der Waals surface area contributed by atoms with Gasteiger partial charge in [-0.1, -0.05) is 17.7 Å². The lowest BCUT2D eigenvalue weighted by atomic mass is 10.2. The number of carboxylic acids is 1. The topological polar surface area (TPSA) is 58.4 Å². The van der Waals surface area contributed by atoms with E-state index >= 15 is 0 Å². The molecule has 1 N–H and O–H groups in total. The first kappa shape index (κ1) is 14.4. The summed E-state index contributed by atoms with van der Waals surface area (Å²) in [5.74, 6) is -0.866. The van der Waals surface area contributed by atoms with Crippen molar-refractivity contribution >= 4 is 23.3 Å². The van der Waals surface area contributed by atoms with Crippen molar-refractivity contribution in [3.63, 3.8) is 0 Å². The molecule has 1 aromatic heterocycles. The van der Waals surface area contributed by atoms with Crippen molar-refractivity contribution in [3.05, 3.63) is 47.2 Å². The molecule has 0 unspecified atom stereocenters. The molecule has 0 aliphatic carbocycles. The summed E-state index contributed by atoms with van der Waals surface area (Å²) < 4.78 is 1.79. The molecular weight excluding hydrogens is 278 g/mol. The Morgan fingerprint density at radius 1 is 1.45 bits per heavy atom. The van der Waals surface area contributed by atoms with Gasteiger partial charge in [0.25, 0.3) is 0 Å². The fourth-order valence-corrected chi connectivity index (χ4v) is 2.22. The molecule has 0 aliphatic rings. The van der Waals surface area contributed by atoms with Gasteiger partial charge in [-0.05, 0) is 24.3 Å². The lowest BCUT2D eigenvalue weighted by Crippen LogP contribution is -2.31. The van der Waals surface area contributed by atoms with Crippen LogP contribution in [0.5, 0.6) is 0 Å². The Bertz CT molecular complexity index is 598. The Kier molecular flexibility index (Phi) is 4.63. The number of halogens is 1. The van der Waals surface area contributed by atoms with E-state index in [0.29, 0.717) is 11.6 Å². The highest BCUT2D eigenvalue weighted by Gasteiger charge is 2.12. The number of aryl methyl sites for hydroxylation is 1. The number of hydrogen-bond donors (Lipinski definition) is 1. The van der Waals surface area contributed by atoms with Gasteiger partial charge in [0.2, 0.25) is 0 Å². The third kappa shape index (κ3) is 3.74. The first-order valence-corrected chi connectivity index (χ1v) is 6.63. The third-order valence-corrected chi connectivity index (χ3v) is 3.29. The molecule has 0 atom stereocenters. The fraction of sp³-hybridized carbons (Fsp3) is 0.286. The van der Waals surface area contributed by atoms with Gasteiger partial charge >= 0.3 is 5.97 Å². The minimum atomic E-state index is -0.866. The van der Waals surface area contributed by atoms with Crippen LogP contribution in [-0.4, -0.2) is 33.9 Å². The number of aliphatic carboxylic acids is 1. The minimum absolute atomic E-state index is 0.0573. The first-order valence-electron chi connectivity index (χ1n) is 6.25. The van der Waals surface area contributed by atoms with Crippen molar-refractivity contribution in [2.75, 3.05) is 18.0 Å².